The summed E-state index contributed by atoms with van der Waals surface area (Å²) in [5.41, 5.74) is 0. The van der Waals surface area contributed by atoms with Crippen molar-refractivity contribution in [2.45, 2.75) is 96.2 Å². The largest absolute Gasteiger partial charge is 0.468 e. The Morgan fingerprint density at radius 2 is 1.72 bits per heavy atom. The first-order valence-corrected chi connectivity index (χ1v) is 13.9. The third-order valence-corrected chi connectivity index (χ3v) is 8.04. The zero-order valence-corrected chi connectivity index (χ0v) is 21.2. The third kappa shape index (κ3) is 10.3. The molecule has 0 atom stereocenters. The molecule has 0 aromatic carbocycles. The minimum Gasteiger partial charge on any atom is -0.468 e. The number of hydrogen-bond acceptors (Lipinski definition) is 5. The summed E-state index contributed by atoms with van der Waals surface area (Å²) in [4.78, 5) is 2.45. The summed E-state index contributed by atoms with van der Waals surface area (Å²) in [6.07, 6.45) is 14.1. The number of unbranched alkanes of at least 4 members (excludes halogenated alkanes) is 5. The Labute approximate surface area is 196 Å². The molecule has 0 unspecified atom stereocenters. The molecule has 0 bridgehead atoms. The highest BCUT2D eigenvalue weighted by Crippen LogP contribution is 2.26. The molecule has 1 N–H and O–H groups in total. The highest BCUT2D eigenvalue weighted by atomic mass is 32.2. The number of ether oxygens (including phenoxy) is 1. The van der Waals surface area contributed by atoms with Crippen LogP contribution in [0.3, 0.4) is 0 Å². The number of rotatable bonds is 17. The lowest BCUT2D eigenvalue weighted by Gasteiger charge is -2.33. The molecular formula is C24H45N3O4S. The third-order valence-electron chi connectivity index (χ3n) is 6.48. The quantitative estimate of drug-likeness (QED) is 0.337. The highest BCUT2D eigenvalue weighted by molar-refractivity contribution is 7.87. The maximum Gasteiger partial charge on any atom is 0.279 e. The van der Waals surface area contributed by atoms with Crippen molar-refractivity contribution in [2.75, 3.05) is 33.8 Å². The SMILES string of the molecule is CCCCCN(C)CCCCCCOC1CCC(N(C)S(=O)(=O)NCc2ccco2)CC1. The van der Waals surface area contributed by atoms with Gasteiger partial charge >= 0.3 is 0 Å². The standard InChI is InChI=1S/C24H45N3O4S/c1-4-5-8-17-26(2)18-9-6-7-10-19-30-23-15-13-22(14-16-23)27(3)32(28,29)25-21-24-12-11-20-31-24/h11-12,20,22-23,25H,4-10,13-19,21H2,1-3H3. The predicted octanol–water partition coefficient (Wildman–Crippen LogP) is 4.56. The maximum absolute atomic E-state index is 12.6. The van der Waals surface area contributed by atoms with Gasteiger partial charge in [-0.3, -0.25) is 0 Å². The Bertz CT molecular complexity index is 688. The van der Waals surface area contributed by atoms with Crippen LogP contribution in [0.15, 0.2) is 22.8 Å². The molecule has 8 heteroatoms. The van der Waals surface area contributed by atoms with Crippen LogP contribution in [0.25, 0.3) is 0 Å². The minimum absolute atomic E-state index is 0.0262. The molecule has 1 aliphatic carbocycles. The van der Waals surface area contributed by atoms with Gasteiger partial charge in [-0.05, 0) is 77.2 Å². The Kier molecular flexibility index (Phi) is 12.9. The van der Waals surface area contributed by atoms with E-state index in [9.17, 15) is 8.42 Å². The fraction of sp³-hybridized carbons (Fsp3) is 0.833. The van der Waals surface area contributed by atoms with Crippen LogP contribution in [0.5, 0.6) is 0 Å². The van der Waals surface area contributed by atoms with Crippen molar-refractivity contribution < 1.29 is 17.6 Å². The van der Waals surface area contributed by atoms with Crippen LogP contribution in [-0.2, 0) is 21.5 Å². The van der Waals surface area contributed by atoms with Crippen molar-refractivity contribution in [3.63, 3.8) is 0 Å². The molecule has 7 nitrogen and oxygen atoms in total. The van der Waals surface area contributed by atoms with E-state index in [0.717, 1.165) is 38.7 Å². The zero-order chi connectivity index (χ0) is 23.2. The van der Waals surface area contributed by atoms with Gasteiger partial charge in [0.2, 0.25) is 0 Å². The van der Waals surface area contributed by atoms with E-state index in [1.807, 2.05) is 0 Å². The van der Waals surface area contributed by atoms with Gasteiger partial charge in [-0.1, -0.05) is 32.6 Å². The van der Waals surface area contributed by atoms with Crippen molar-refractivity contribution in [2.24, 2.45) is 0 Å². The Morgan fingerprint density at radius 3 is 2.38 bits per heavy atom. The molecular weight excluding hydrogens is 426 g/mol. The normalized spacial score (nSPS) is 19.8. The molecule has 1 aromatic heterocycles. The number of nitrogens with zero attached hydrogens (tertiary/aromatic N) is 2. The van der Waals surface area contributed by atoms with Gasteiger partial charge in [-0.2, -0.15) is 17.4 Å². The Hall–Kier alpha value is -0.930. The van der Waals surface area contributed by atoms with Gasteiger partial charge in [-0.15, -0.1) is 0 Å². The van der Waals surface area contributed by atoms with E-state index in [1.54, 1.807) is 25.4 Å². The van der Waals surface area contributed by atoms with Gasteiger partial charge in [0.15, 0.2) is 0 Å². The van der Waals surface area contributed by atoms with E-state index in [4.69, 9.17) is 9.15 Å². The molecule has 2 rings (SSSR count). The molecule has 0 aliphatic heterocycles. The fourth-order valence-corrected chi connectivity index (χ4v) is 5.41. The summed E-state index contributed by atoms with van der Waals surface area (Å²) in [5, 5.41) is 0. The summed E-state index contributed by atoms with van der Waals surface area (Å²) >= 11 is 0. The van der Waals surface area contributed by atoms with Crippen molar-refractivity contribution in [1.82, 2.24) is 13.9 Å². The summed E-state index contributed by atoms with van der Waals surface area (Å²) in [7, 11) is 0.376. The van der Waals surface area contributed by atoms with Crippen LogP contribution >= 0.6 is 0 Å². The maximum atomic E-state index is 12.6. The fourth-order valence-electron chi connectivity index (χ4n) is 4.28. The molecule has 1 heterocycles. The molecule has 0 saturated heterocycles. The van der Waals surface area contributed by atoms with E-state index in [0.29, 0.717) is 5.76 Å². The molecule has 0 amide bonds. The minimum atomic E-state index is -3.52. The van der Waals surface area contributed by atoms with Crippen molar-refractivity contribution in [1.29, 1.82) is 0 Å². The summed E-state index contributed by atoms with van der Waals surface area (Å²) in [6.45, 7) is 5.66. The molecule has 1 fully saturated rings. The number of furan rings is 1. The van der Waals surface area contributed by atoms with Gasteiger partial charge in [0, 0.05) is 19.7 Å². The van der Waals surface area contributed by atoms with Crippen molar-refractivity contribution in [3.05, 3.63) is 24.2 Å². The molecule has 1 saturated carbocycles. The van der Waals surface area contributed by atoms with Gasteiger partial charge in [0.05, 0.1) is 18.9 Å². The van der Waals surface area contributed by atoms with Crippen LogP contribution in [0, 0.1) is 0 Å². The first-order valence-electron chi connectivity index (χ1n) is 12.5. The van der Waals surface area contributed by atoms with Crippen molar-refractivity contribution >= 4 is 10.2 Å². The molecule has 1 aromatic rings. The second-order valence-electron chi connectivity index (χ2n) is 9.15. The Balaban J connectivity index is 1.51. The van der Waals surface area contributed by atoms with E-state index < -0.39 is 10.2 Å². The lowest BCUT2D eigenvalue weighted by molar-refractivity contribution is 0.0155. The van der Waals surface area contributed by atoms with Gasteiger partial charge < -0.3 is 14.1 Å². The lowest BCUT2D eigenvalue weighted by Crippen LogP contribution is -2.45. The van der Waals surface area contributed by atoms with Crippen LogP contribution in [-0.4, -0.2) is 63.6 Å². The van der Waals surface area contributed by atoms with E-state index in [-0.39, 0.29) is 18.7 Å². The first-order chi connectivity index (χ1) is 15.4. The second kappa shape index (κ2) is 15.1. The molecule has 186 valence electrons. The van der Waals surface area contributed by atoms with E-state index >= 15 is 0 Å². The average molecular weight is 472 g/mol. The first kappa shape index (κ1) is 27.3. The van der Waals surface area contributed by atoms with Crippen molar-refractivity contribution in [3.8, 4) is 0 Å². The molecule has 0 radical (unpaired) electrons. The van der Waals surface area contributed by atoms with Crippen LogP contribution in [0.1, 0.15) is 83.3 Å². The number of nitrogens with one attached hydrogen (secondary N) is 1. The molecule has 1 aliphatic rings. The van der Waals surface area contributed by atoms with Crippen LogP contribution in [0.4, 0.5) is 0 Å². The smallest absolute Gasteiger partial charge is 0.279 e. The van der Waals surface area contributed by atoms with E-state index in [1.165, 1.54) is 55.9 Å². The van der Waals surface area contributed by atoms with Gasteiger partial charge in [-0.25, -0.2) is 0 Å². The summed E-state index contributed by atoms with van der Waals surface area (Å²) < 4.78 is 40.5. The predicted molar refractivity (Wildman–Crippen MR) is 130 cm³/mol. The van der Waals surface area contributed by atoms with Crippen LogP contribution in [0.2, 0.25) is 0 Å². The Morgan fingerprint density at radius 1 is 1.03 bits per heavy atom. The highest BCUT2D eigenvalue weighted by Gasteiger charge is 2.30. The summed E-state index contributed by atoms with van der Waals surface area (Å²) in [6, 6.07) is 3.54. The monoisotopic (exact) mass is 471 g/mol. The van der Waals surface area contributed by atoms with Crippen LogP contribution < -0.4 is 4.72 Å². The topological polar surface area (TPSA) is 75.0 Å². The van der Waals surface area contributed by atoms with Gasteiger partial charge in [0.1, 0.15) is 5.76 Å². The average Bonchev–Trinajstić information content (AvgIpc) is 3.31. The molecule has 0 spiro atoms. The lowest BCUT2D eigenvalue weighted by atomic mass is 9.93. The second-order valence-corrected chi connectivity index (χ2v) is 11.0. The zero-order valence-electron chi connectivity index (χ0n) is 20.4. The van der Waals surface area contributed by atoms with E-state index in [2.05, 4.69) is 23.6 Å². The molecule has 32 heavy (non-hydrogen) atoms. The van der Waals surface area contributed by atoms with Gasteiger partial charge in [0.25, 0.3) is 10.2 Å². The summed E-state index contributed by atoms with van der Waals surface area (Å²) in [5.74, 6) is 0.609. The number of hydrogen-bond donors (Lipinski definition) is 1.